The summed E-state index contributed by atoms with van der Waals surface area (Å²) in [6.07, 6.45) is 3.39. The van der Waals surface area contributed by atoms with E-state index in [0.717, 1.165) is 18.4 Å². The Bertz CT molecular complexity index is 141. The molecule has 0 N–H and O–H groups in total. The van der Waals surface area contributed by atoms with Gasteiger partial charge in [-0.15, -0.1) is 0 Å². The van der Waals surface area contributed by atoms with Gasteiger partial charge in [0.15, 0.2) is 0 Å². The molecule has 0 aromatic rings. The minimum absolute atomic E-state index is 0.607. The van der Waals surface area contributed by atoms with Crippen molar-refractivity contribution in [2.75, 3.05) is 19.4 Å². The van der Waals surface area contributed by atoms with Gasteiger partial charge in [-0.3, -0.25) is 0 Å². The molecular weight excluding hydrogens is 168 g/mol. The smallest absolute Gasteiger partial charge is 0.238 e. The van der Waals surface area contributed by atoms with Crippen molar-refractivity contribution < 1.29 is 9.16 Å². The summed E-state index contributed by atoms with van der Waals surface area (Å²) < 4.78 is 11.1. The third kappa shape index (κ3) is 4.04. The van der Waals surface area contributed by atoms with Crippen molar-refractivity contribution in [3.63, 3.8) is 0 Å². The van der Waals surface area contributed by atoms with Crippen molar-refractivity contribution in [2.45, 2.75) is 25.8 Å². The maximum atomic E-state index is 5.61. The predicted molar refractivity (Wildman–Crippen MR) is 51.4 cm³/mol. The quantitative estimate of drug-likeness (QED) is 0.492. The van der Waals surface area contributed by atoms with Crippen LogP contribution in [0.1, 0.15) is 19.8 Å². The molecule has 1 rings (SSSR count). The van der Waals surface area contributed by atoms with Gasteiger partial charge in [-0.05, 0) is 19.4 Å². The van der Waals surface area contributed by atoms with Gasteiger partial charge in [0.05, 0.1) is 12.8 Å². The number of ether oxygens (including phenoxy) is 1. The van der Waals surface area contributed by atoms with Crippen LogP contribution in [0.3, 0.4) is 0 Å². The molecule has 69 valence electrons. The first-order chi connectivity index (χ1) is 5.79. The third-order valence-corrected chi connectivity index (χ3v) is 3.82. The number of rotatable bonds is 4. The first kappa shape index (κ1) is 9.96. The van der Waals surface area contributed by atoms with Crippen LogP contribution in [-0.4, -0.2) is 28.5 Å². The Morgan fingerprint density at radius 1 is 1.58 bits per heavy atom. The summed E-state index contributed by atoms with van der Waals surface area (Å²) >= 11 is 0. The largest absolute Gasteiger partial charge is 0.414 e. The van der Waals surface area contributed by atoms with Crippen molar-refractivity contribution in [3.05, 3.63) is 12.2 Å². The molecule has 0 aromatic carbocycles. The van der Waals surface area contributed by atoms with E-state index >= 15 is 0 Å². The van der Waals surface area contributed by atoms with Crippen molar-refractivity contribution in [1.82, 2.24) is 0 Å². The van der Waals surface area contributed by atoms with Gasteiger partial charge in [0, 0.05) is 6.61 Å². The lowest BCUT2D eigenvalue weighted by Crippen LogP contribution is -2.29. The molecule has 0 saturated carbocycles. The van der Waals surface area contributed by atoms with Crippen molar-refractivity contribution in [2.24, 2.45) is 0 Å². The minimum Gasteiger partial charge on any atom is -0.414 e. The summed E-state index contributed by atoms with van der Waals surface area (Å²) in [5.74, 6) is 0. The Labute approximate surface area is 76.3 Å². The molecule has 0 atom stereocenters. The van der Waals surface area contributed by atoms with Crippen LogP contribution in [0.15, 0.2) is 12.2 Å². The maximum absolute atomic E-state index is 5.61. The van der Waals surface area contributed by atoms with Gasteiger partial charge in [-0.25, -0.2) is 0 Å². The van der Waals surface area contributed by atoms with Crippen molar-refractivity contribution in [3.8, 4) is 0 Å². The van der Waals surface area contributed by atoms with Crippen LogP contribution < -0.4 is 0 Å². The van der Waals surface area contributed by atoms with Crippen molar-refractivity contribution in [1.29, 1.82) is 0 Å². The summed E-state index contributed by atoms with van der Waals surface area (Å²) in [5.41, 5.74) is 1.09. The van der Waals surface area contributed by atoms with Crippen LogP contribution in [0.25, 0.3) is 0 Å². The molecule has 0 amide bonds. The van der Waals surface area contributed by atoms with E-state index in [9.17, 15) is 0 Å². The molecule has 0 unspecified atom stereocenters. The molecule has 0 aliphatic carbocycles. The zero-order valence-electron chi connectivity index (χ0n) is 7.77. The van der Waals surface area contributed by atoms with Gasteiger partial charge in [0.1, 0.15) is 0 Å². The molecule has 0 aromatic heterocycles. The highest BCUT2D eigenvalue weighted by molar-refractivity contribution is 6.51. The molecule has 1 radical (unpaired) electrons. The van der Waals surface area contributed by atoms with Crippen LogP contribution in [0.5, 0.6) is 0 Å². The van der Waals surface area contributed by atoms with Crippen LogP contribution in [-0.2, 0) is 9.16 Å². The average molecular weight is 185 g/mol. The Morgan fingerprint density at radius 3 is 3.00 bits per heavy atom. The fourth-order valence-corrected chi connectivity index (χ4v) is 2.94. The van der Waals surface area contributed by atoms with Crippen molar-refractivity contribution >= 4 is 9.04 Å². The van der Waals surface area contributed by atoms with E-state index in [1.54, 1.807) is 0 Å². The van der Waals surface area contributed by atoms with E-state index in [4.69, 9.17) is 9.16 Å². The highest BCUT2D eigenvalue weighted by atomic mass is 28.3. The van der Waals surface area contributed by atoms with E-state index in [-0.39, 0.29) is 0 Å². The first-order valence-electron chi connectivity index (χ1n) is 4.48. The SMILES string of the molecule is C=C(C)COC[Si]1CCCCO1. The molecule has 1 aliphatic heterocycles. The molecule has 3 heteroatoms. The highest BCUT2D eigenvalue weighted by Crippen LogP contribution is 2.10. The van der Waals surface area contributed by atoms with E-state index in [2.05, 4.69) is 6.58 Å². The van der Waals surface area contributed by atoms with E-state index in [0.29, 0.717) is 6.61 Å². The van der Waals surface area contributed by atoms with Crippen LogP contribution in [0, 0.1) is 0 Å². The molecule has 0 spiro atoms. The lowest BCUT2D eigenvalue weighted by atomic mass is 10.4. The van der Waals surface area contributed by atoms with Gasteiger partial charge in [0.2, 0.25) is 9.04 Å². The van der Waals surface area contributed by atoms with E-state index in [1.165, 1.54) is 18.9 Å². The van der Waals surface area contributed by atoms with Crippen LogP contribution >= 0.6 is 0 Å². The molecule has 2 nitrogen and oxygen atoms in total. The fourth-order valence-electron chi connectivity index (χ4n) is 1.17. The summed E-state index contributed by atoms with van der Waals surface area (Å²) in [5, 5.41) is 0. The Balaban J connectivity index is 2.01. The van der Waals surface area contributed by atoms with Gasteiger partial charge in [-0.2, -0.15) is 0 Å². The normalized spacial score (nSPS) is 19.4. The Kier molecular flexibility index (Phi) is 4.57. The lowest BCUT2D eigenvalue weighted by Gasteiger charge is -2.19. The molecular formula is C9H17O2Si. The summed E-state index contributed by atoms with van der Waals surface area (Å²) in [4.78, 5) is 0. The standard InChI is InChI=1S/C9H17O2Si/c1-9(2)7-10-8-12-6-4-3-5-11-12/h1,3-8H2,2H3. The molecule has 1 saturated heterocycles. The Hall–Kier alpha value is -0.123. The second-order valence-electron chi connectivity index (χ2n) is 3.29. The average Bonchev–Trinajstić information content (AvgIpc) is 2.05. The third-order valence-electron chi connectivity index (χ3n) is 1.77. The van der Waals surface area contributed by atoms with Gasteiger partial charge in [-0.1, -0.05) is 18.6 Å². The second-order valence-corrected chi connectivity index (χ2v) is 5.45. The monoisotopic (exact) mass is 185 g/mol. The van der Waals surface area contributed by atoms with Gasteiger partial charge in [0.25, 0.3) is 0 Å². The van der Waals surface area contributed by atoms with Crippen LogP contribution in [0.2, 0.25) is 6.04 Å². The molecule has 12 heavy (non-hydrogen) atoms. The minimum atomic E-state index is -0.607. The van der Waals surface area contributed by atoms with Gasteiger partial charge >= 0.3 is 0 Å². The Morgan fingerprint density at radius 2 is 2.42 bits per heavy atom. The zero-order valence-corrected chi connectivity index (χ0v) is 8.77. The van der Waals surface area contributed by atoms with E-state index < -0.39 is 9.04 Å². The van der Waals surface area contributed by atoms with E-state index in [1.807, 2.05) is 6.92 Å². The summed E-state index contributed by atoms with van der Waals surface area (Å²) in [6.45, 7) is 7.41. The zero-order chi connectivity index (χ0) is 8.81. The molecule has 0 bridgehead atoms. The topological polar surface area (TPSA) is 18.5 Å². The lowest BCUT2D eigenvalue weighted by molar-refractivity contribution is 0.173. The molecule has 1 fully saturated rings. The maximum Gasteiger partial charge on any atom is 0.238 e. The molecule has 1 heterocycles. The van der Waals surface area contributed by atoms with Crippen LogP contribution in [0.4, 0.5) is 0 Å². The second kappa shape index (κ2) is 5.51. The summed E-state index contributed by atoms with van der Waals surface area (Å²) in [6, 6.07) is 1.25. The summed E-state index contributed by atoms with van der Waals surface area (Å²) in [7, 11) is -0.607. The van der Waals surface area contributed by atoms with Gasteiger partial charge < -0.3 is 9.16 Å². The first-order valence-corrected chi connectivity index (χ1v) is 6.31. The predicted octanol–water partition coefficient (Wildman–Crippen LogP) is 1.92. The number of hydrogen-bond donors (Lipinski definition) is 0. The highest BCUT2D eigenvalue weighted by Gasteiger charge is 2.16. The fraction of sp³-hybridized carbons (Fsp3) is 0.778. The number of hydrogen-bond acceptors (Lipinski definition) is 2. The molecule has 1 aliphatic rings.